The van der Waals surface area contributed by atoms with Crippen molar-refractivity contribution in [3.8, 4) is 11.1 Å². The molecule has 0 radical (unpaired) electrons. The molecule has 0 amide bonds. The fourth-order valence-corrected chi connectivity index (χ4v) is 3.85. The third kappa shape index (κ3) is 4.11. The predicted octanol–water partition coefficient (Wildman–Crippen LogP) is 3.70. The van der Waals surface area contributed by atoms with Gasteiger partial charge in [0.25, 0.3) is 6.01 Å². The lowest BCUT2D eigenvalue weighted by Crippen LogP contribution is -2.49. The number of alkyl halides is 3. The maximum atomic E-state index is 12.6. The Morgan fingerprint density at radius 2 is 1.61 bits per heavy atom. The van der Waals surface area contributed by atoms with Gasteiger partial charge in [0.1, 0.15) is 11.3 Å². The Labute approximate surface area is 175 Å². The molecule has 1 aliphatic heterocycles. The number of nitrogens with two attached hydrogens (primary N) is 1. The van der Waals surface area contributed by atoms with Crippen LogP contribution in [0.25, 0.3) is 33.3 Å². The number of nitrogens with zero attached hydrogens (tertiary/aromatic N) is 5. The summed E-state index contributed by atoms with van der Waals surface area (Å²) in [4.78, 5) is 16.7. The Morgan fingerprint density at radius 1 is 0.903 bits per heavy atom. The van der Waals surface area contributed by atoms with E-state index in [0.29, 0.717) is 48.6 Å². The number of oxazole rings is 1. The van der Waals surface area contributed by atoms with E-state index in [2.05, 4.69) is 9.97 Å². The fourth-order valence-electron chi connectivity index (χ4n) is 3.85. The third-order valence-corrected chi connectivity index (χ3v) is 5.37. The second kappa shape index (κ2) is 7.38. The zero-order valence-corrected chi connectivity index (χ0v) is 16.4. The van der Waals surface area contributed by atoms with E-state index in [1.165, 1.54) is 4.90 Å². The van der Waals surface area contributed by atoms with Crippen LogP contribution in [0.1, 0.15) is 0 Å². The van der Waals surface area contributed by atoms with Crippen LogP contribution < -0.4 is 10.6 Å². The molecule has 0 unspecified atom stereocenters. The van der Waals surface area contributed by atoms with E-state index >= 15 is 0 Å². The van der Waals surface area contributed by atoms with Crippen molar-refractivity contribution < 1.29 is 17.6 Å². The number of fused-ring (bicyclic) bond motifs is 2. The van der Waals surface area contributed by atoms with Gasteiger partial charge in [-0.1, -0.05) is 12.1 Å². The molecular formula is C21H19F3N6O. The van der Waals surface area contributed by atoms with Gasteiger partial charge in [0.15, 0.2) is 5.58 Å². The molecule has 160 valence electrons. The number of halogens is 3. The molecule has 1 saturated heterocycles. The topological polar surface area (TPSA) is 84.3 Å². The summed E-state index contributed by atoms with van der Waals surface area (Å²) in [7, 11) is 0. The van der Waals surface area contributed by atoms with Gasteiger partial charge in [-0.15, -0.1) is 0 Å². The molecule has 0 aliphatic carbocycles. The van der Waals surface area contributed by atoms with E-state index in [1.54, 1.807) is 6.20 Å². The summed E-state index contributed by atoms with van der Waals surface area (Å²) in [5, 5.41) is 0. The van der Waals surface area contributed by atoms with Crippen LogP contribution in [-0.4, -0.2) is 58.8 Å². The predicted molar refractivity (Wildman–Crippen MR) is 112 cm³/mol. The lowest BCUT2D eigenvalue weighted by Gasteiger charge is -2.35. The van der Waals surface area contributed by atoms with Crippen molar-refractivity contribution >= 4 is 34.0 Å². The first kappa shape index (κ1) is 19.6. The van der Waals surface area contributed by atoms with E-state index < -0.39 is 12.7 Å². The van der Waals surface area contributed by atoms with Crippen molar-refractivity contribution in [3.63, 3.8) is 0 Å². The van der Waals surface area contributed by atoms with Gasteiger partial charge in [-0.3, -0.25) is 9.88 Å². The van der Waals surface area contributed by atoms with Gasteiger partial charge >= 0.3 is 6.18 Å². The molecule has 1 fully saturated rings. The Hall–Kier alpha value is -3.40. The molecule has 2 N–H and O–H groups in total. The molecule has 0 atom stereocenters. The molecule has 31 heavy (non-hydrogen) atoms. The van der Waals surface area contributed by atoms with Crippen LogP contribution in [0.5, 0.6) is 0 Å². The first-order chi connectivity index (χ1) is 14.8. The Bertz CT molecular complexity index is 1250. The zero-order valence-electron chi connectivity index (χ0n) is 16.4. The first-order valence-electron chi connectivity index (χ1n) is 9.81. The number of piperazine rings is 1. The van der Waals surface area contributed by atoms with Gasteiger partial charge in [-0.25, -0.2) is 4.98 Å². The van der Waals surface area contributed by atoms with Crippen LogP contribution in [-0.2, 0) is 0 Å². The number of hydrogen-bond donors (Lipinski definition) is 1. The summed E-state index contributed by atoms with van der Waals surface area (Å²) in [5.74, 6) is 0.663. The molecule has 3 heterocycles. The average Bonchev–Trinajstić information content (AvgIpc) is 3.11. The molecule has 2 aromatic carbocycles. The Morgan fingerprint density at radius 3 is 2.35 bits per heavy atom. The van der Waals surface area contributed by atoms with Gasteiger partial charge < -0.3 is 15.1 Å². The van der Waals surface area contributed by atoms with Gasteiger partial charge in [0.05, 0.1) is 23.8 Å². The maximum Gasteiger partial charge on any atom is 0.401 e. The minimum absolute atomic E-state index is 0.122. The van der Waals surface area contributed by atoms with Crippen LogP contribution in [0, 0.1) is 0 Å². The van der Waals surface area contributed by atoms with E-state index in [9.17, 15) is 13.2 Å². The highest BCUT2D eigenvalue weighted by Crippen LogP contribution is 2.28. The first-order valence-corrected chi connectivity index (χ1v) is 9.81. The highest BCUT2D eigenvalue weighted by Gasteiger charge is 2.32. The molecule has 0 bridgehead atoms. The quantitative estimate of drug-likeness (QED) is 0.533. The SMILES string of the molecule is Nc1nc2cc(-c3ccc4ncc(N5CCN(CC(F)(F)F)CC5)nc4c3)ccc2o1. The number of anilines is 2. The van der Waals surface area contributed by atoms with Crippen LogP contribution in [0.2, 0.25) is 0 Å². The molecule has 10 heteroatoms. The second-order valence-corrected chi connectivity index (χ2v) is 7.54. The summed E-state index contributed by atoms with van der Waals surface area (Å²) in [5.41, 5.74) is 10.3. The molecule has 0 spiro atoms. The highest BCUT2D eigenvalue weighted by molar-refractivity contribution is 5.86. The number of aromatic nitrogens is 3. The lowest BCUT2D eigenvalue weighted by atomic mass is 10.0. The van der Waals surface area contributed by atoms with Gasteiger partial charge in [0, 0.05) is 26.2 Å². The van der Waals surface area contributed by atoms with Crippen LogP contribution >= 0.6 is 0 Å². The third-order valence-electron chi connectivity index (χ3n) is 5.37. The zero-order chi connectivity index (χ0) is 21.6. The van der Waals surface area contributed by atoms with Crippen molar-refractivity contribution in [1.29, 1.82) is 0 Å². The van der Waals surface area contributed by atoms with Gasteiger partial charge in [0.2, 0.25) is 0 Å². The van der Waals surface area contributed by atoms with E-state index in [4.69, 9.17) is 15.1 Å². The fraction of sp³-hybridized carbons (Fsp3) is 0.286. The number of rotatable bonds is 3. The average molecular weight is 428 g/mol. The summed E-state index contributed by atoms with van der Waals surface area (Å²) < 4.78 is 43.1. The maximum absolute atomic E-state index is 12.6. The monoisotopic (exact) mass is 428 g/mol. The summed E-state index contributed by atoms with van der Waals surface area (Å²) >= 11 is 0. The normalized spacial score (nSPS) is 15.8. The van der Waals surface area contributed by atoms with Crippen LogP contribution in [0.15, 0.2) is 47.0 Å². The van der Waals surface area contributed by atoms with Crippen molar-refractivity contribution in [2.75, 3.05) is 43.4 Å². The molecule has 0 saturated carbocycles. The number of nitrogen functional groups attached to an aromatic ring is 1. The van der Waals surface area contributed by atoms with Crippen LogP contribution in [0.3, 0.4) is 0 Å². The van der Waals surface area contributed by atoms with E-state index in [1.807, 2.05) is 41.3 Å². The van der Waals surface area contributed by atoms with Crippen molar-refractivity contribution in [1.82, 2.24) is 19.9 Å². The number of benzene rings is 2. The largest absolute Gasteiger partial charge is 0.424 e. The smallest absolute Gasteiger partial charge is 0.401 e. The Balaban J connectivity index is 1.39. The number of hydrogen-bond acceptors (Lipinski definition) is 7. The molecule has 2 aromatic heterocycles. The van der Waals surface area contributed by atoms with Crippen molar-refractivity contribution in [3.05, 3.63) is 42.6 Å². The Kier molecular flexibility index (Phi) is 4.66. The second-order valence-electron chi connectivity index (χ2n) is 7.54. The van der Waals surface area contributed by atoms with Gasteiger partial charge in [-0.05, 0) is 35.4 Å². The van der Waals surface area contributed by atoms with E-state index in [0.717, 1.165) is 16.6 Å². The molecule has 4 aromatic rings. The minimum atomic E-state index is -4.18. The highest BCUT2D eigenvalue weighted by atomic mass is 19.4. The molecule has 1 aliphatic rings. The molecule has 7 nitrogen and oxygen atoms in total. The lowest BCUT2D eigenvalue weighted by molar-refractivity contribution is -0.146. The standard InChI is InChI=1S/C21H19F3N6O/c22-21(23,24)12-29-5-7-30(8-6-29)19-11-26-15-3-1-13(9-16(15)27-19)14-2-4-18-17(10-14)28-20(25)31-18/h1-4,9-11H,5-8,12H2,(H2,25,28). The van der Waals surface area contributed by atoms with Crippen molar-refractivity contribution in [2.24, 2.45) is 0 Å². The van der Waals surface area contributed by atoms with Crippen molar-refractivity contribution in [2.45, 2.75) is 6.18 Å². The minimum Gasteiger partial charge on any atom is -0.424 e. The van der Waals surface area contributed by atoms with Crippen LogP contribution in [0.4, 0.5) is 25.0 Å². The molecular weight excluding hydrogens is 409 g/mol. The summed E-state index contributed by atoms with van der Waals surface area (Å²) in [6.45, 7) is 0.732. The van der Waals surface area contributed by atoms with Gasteiger partial charge in [-0.2, -0.15) is 18.2 Å². The van der Waals surface area contributed by atoms with E-state index in [-0.39, 0.29) is 6.01 Å². The summed E-state index contributed by atoms with van der Waals surface area (Å²) in [6, 6.07) is 11.5. The summed E-state index contributed by atoms with van der Waals surface area (Å²) in [6.07, 6.45) is -2.51. The molecule has 5 rings (SSSR count).